The molecule has 4 rings (SSSR count). The van der Waals surface area contributed by atoms with Crippen LogP contribution in [0.1, 0.15) is 36.8 Å². The first-order chi connectivity index (χ1) is 9.92. The minimum Gasteiger partial charge on any atom is -0.248 e. The third kappa shape index (κ3) is 1.98. The standard InChI is InChI=1S/C19H19N/c1-2-4-9-16-14(7-3-1)11-12-19-17(16)13-15-8-5-6-10-18(15)20-19/h5-6,8,10-13H,1-4,7,9H2. The number of para-hydroxylation sites is 1. The van der Waals surface area contributed by atoms with Crippen LogP contribution in [-0.4, -0.2) is 4.98 Å². The predicted octanol–water partition coefficient (Wildman–Crippen LogP) is 5.05. The van der Waals surface area contributed by atoms with Gasteiger partial charge in [-0.25, -0.2) is 4.98 Å². The lowest BCUT2D eigenvalue weighted by atomic mass is 9.90. The Morgan fingerprint density at radius 2 is 1.60 bits per heavy atom. The molecule has 100 valence electrons. The van der Waals surface area contributed by atoms with Gasteiger partial charge >= 0.3 is 0 Å². The van der Waals surface area contributed by atoms with Gasteiger partial charge in [0, 0.05) is 10.8 Å². The summed E-state index contributed by atoms with van der Waals surface area (Å²) < 4.78 is 0. The first-order valence-corrected chi connectivity index (χ1v) is 7.72. The van der Waals surface area contributed by atoms with E-state index in [1.54, 1.807) is 11.1 Å². The average Bonchev–Trinajstić information content (AvgIpc) is 2.45. The molecule has 0 amide bonds. The SMILES string of the molecule is c1ccc2nc3ccc4c(c3cc2c1)CCCCCC4. The van der Waals surface area contributed by atoms with Crippen molar-refractivity contribution in [3.05, 3.63) is 53.6 Å². The zero-order valence-corrected chi connectivity index (χ0v) is 11.7. The molecule has 0 atom stereocenters. The number of hydrogen-bond donors (Lipinski definition) is 0. The van der Waals surface area contributed by atoms with Crippen molar-refractivity contribution in [2.24, 2.45) is 0 Å². The lowest BCUT2D eigenvalue weighted by molar-refractivity contribution is 0.619. The fraction of sp³-hybridized carbons (Fsp3) is 0.316. The molecular formula is C19H19N. The summed E-state index contributed by atoms with van der Waals surface area (Å²) in [6.07, 6.45) is 7.85. The topological polar surface area (TPSA) is 12.9 Å². The molecule has 0 aliphatic heterocycles. The van der Waals surface area contributed by atoms with Crippen LogP contribution in [0.3, 0.4) is 0 Å². The third-order valence-corrected chi connectivity index (χ3v) is 4.53. The molecule has 0 saturated carbocycles. The Kier molecular flexibility index (Phi) is 2.91. The monoisotopic (exact) mass is 261 g/mol. The van der Waals surface area contributed by atoms with Crippen molar-refractivity contribution >= 4 is 21.8 Å². The zero-order valence-electron chi connectivity index (χ0n) is 11.7. The third-order valence-electron chi connectivity index (χ3n) is 4.53. The highest BCUT2D eigenvalue weighted by Crippen LogP contribution is 2.29. The molecule has 0 spiro atoms. The van der Waals surface area contributed by atoms with Gasteiger partial charge in [0.15, 0.2) is 0 Å². The second kappa shape index (κ2) is 4.90. The van der Waals surface area contributed by atoms with Gasteiger partial charge in [0.1, 0.15) is 0 Å². The average molecular weight is 261 g/mol. The largest absolute Gasteiger partial charge is 0.248 e. The second-order valence-corrected chi connectivity index (χ2v) is 5.87. The maximum absolute atomic E-state index is 4.84. The van der Waals surface area contributed by atoms with E-state index in [4.69, 9.17) is 4.98 Å². The normalized spacial score (nSPS) is 15.8. The molecule has 1 aliphatic carbocycles. The van der Waals surface area contributed by atoms with Crippen molar-refractivity contribution in [2.75, 3.05) is 0 Å². The Balaban J connectivity index is 2.00. The minimum absolute atomic E-state index is 1.10. The van der Waals surface area contributed by atoms with Gasteiger partial charge in [-0.05, 0) is 55.0 Å². The summed E-state index contributed by atoms with van der Waals surface area (Å²) in [5, 5.41) is 2.64. The van der Waals surface area contributed by atoms with Crippen molar-refractivity contribution in [1.82, 2.24) is 4.98 Å². The molecule has 3 aromatic rings. The molecule has 1 nitrogen and oxygen atoms in total. The molecule has 1 heteroatoms. The van der Waals surface area contributed by atoms with Crippen LogP contribution >= 0.6 is 0 Å². The quantitative estimate of drug-likeness (QED) is 0.516. The van der Waals surface area contributed by atoms with Crippen LogP contribution in [0, 0.1) is 0 Å². The summed E-state index contributed by atoms with van der Waals surface area (Å²) in [7, 11) is 0. The predicted molar refractivity (Wildman–Crippen MR) is 85.1 cm³/mol. The number of fused-ring (bicyclic) bond motifs is 4. The van der Waals surface area contributed by atoms with Crippen molar-refractivity contribution in [1.29, 1.82) is 0 Å². The molecule has 0 N–H and O–H groups in total. The van der Waals surface area contributed by atoms with Crippen molar-refractivity contribution in [3.8, 4) is 0 Å². The highest BCUT2D eigenvalue weighted by Gasteiger charge is 2.11. The summed E-state index contributed by atoms with van der Waals surface area (Å²) >= 11 is 0. The molecule has 1 heterocycles. The Morgan fingerprint density at radius 1 is 0.750 bits per heavy atom. The smallest absolute Gasteiger partial charge is 0.0712 e. The molecule has 0 radical (unpaired) electrons. The van der Waals surface area contributed by atoms with Gasteiger partial charge in [0.2, 0.25) is 0 Å². The van der Waals surface area contributed by atoms with Crippen LogP contribution in [0.4, 0.5) is 0 Å². The number of rotatable bonds is 0. The van der Waals surface area contributed by atoms with Crippen LogP contribution in [-0.2, 0) is 12.8 Å². The van der Waals surface area contributed by atoms with E-state index in [2.05, 4.69) is 42.5 Å². The molecule has 0 saturated heterocycles. The summed E-state index contributed by atoms with van der Waals surface area (Å²) in [6.45, 7) is 0. The molecular weight excluding hydrogens is 242 g/mol. The number of aromatic nitrogens is 1. The second-order valence-electron chi connectivity index (χ2n) is 5.87. The fourth-order valence-corrected chi connectivity index (χ4v) is 3.45. The summed E-state index contributed by atoms with van der Waals surface area (Å²) in [4.78, 5) is 4.84. The highest BCUT2D eigenvalue weighted by atomic mass is 14.7. The lowest BCUT2D eigenvalue weighted by Crippen LogP contribution is -2.01. The molecule has 0 bridgehead atoms. The van der Waals surface area contributed by atoms with E-state index in [1.165, 1.54) is 49.3 Å². The maximum Gasteiger partial charge on any atom is 0.0712 e. The number of pyridine rings is 1. The first kappa shape index (κ1) is 11.9. The Morgan fingerprint density at radius 3 is 2.55 bits per heavy atom. The van der Waals surface area contributed by atoms with Crippen molar-refractivity contribution in [2.45, 2.75) is 38.5 Å². The van der Waals surface area contributed by atoms with E-state index in [9.17, 15) is 0 Å². The van der Waals surface area contributed by atoms with Gasteiger partial charge in [-0.2, -0.15) is 0 Å². The van der Waals surface area contributed by atoms with Crippen LogP contribution in [0.15, 0.2) is 42.5 Å². The molecule has 0 unspecified atom stereocenters. The molecule has 0 fully saturated rings. The molecule has 20 heavy (non-hydrogen) atoms. The zero-order chi connectivity index (χ0) is 13.4. The van der Waals surface area contributed by atoms with Gasteiger partial charge in [0.05, 0.1) is 11.0 Å². The van der Waals surface area contributed by atoms with Crippen LogP contribution in [0.2, 0.25) is 0 Å². The molecule has 1 aliphatic rings. The maximum atomic E-state index is 4.84. The van der Waals surface area contributed by atoms with E-state index in [0.717, 1.165) is 11.0 Å². The number of hydrogen-bond acceptors (Lipinski definition) is 1. The minimum atomic E-state index is 1.10. The van der Waals surface area contributed by atoms with E-state index in [0.29, 0.717) is 0 Å². The summed E-state index contributed by atoms with van der Waals surface area (Å²) in [6, 6.07) is 15.3. The van der Waals surface area contributed by atoms with Crippen molar-refractivity contribution in [3.63, 3.8) is 0 Å². The molecule has 2 aromatic carbocycles. The van der Waals surface area contributed by atoms with Gasteiger partial charge in [-0.1, -0.05) is 37.1 Å². The number of benzene rings is 2. The van der Waals surface area contributed by atoms with Gasteiger partial charge in [0.25, 0.3) is 0 Å². The van der Waals surface area contributed by atoms with Gasteiger partial charge in [-0.15, -0.1) is 0 Å². The van der Waals surface area contributed by atoms with Crippen LogP contribution in [0.5, 0.6) is 0 Å². The van der Waals surface area contributed by atoms with E-state index in [1.807, 2.05) is 0 Å². The van der Waals surface area contributed by atoms with E-state index in [-0.39, 0.29) is 0 Å². The Labute approximate surface area is 119 Å². The van der Waals surface area contributed by atoms with Gasteiger partial charge < -0.3 is 0 Å². The summed E-state index contributed by atoms with van der Waals surface area (Å²) in [5.41, 5.74) is 5.36. The van der Waals surface area contributed by atoms with Crippen LogP contribution in [0.25, 0.3) is 21.8 Å². The van der Waals surface area contributed by atoms with E-state index < -0.39 is 0 Å². The van der Waals surface area contributed by atoms with Crippen molar-refractivity contribution < 1.29 is 0 Å². The fourth-order valence-electron chi connectivity index (χ4n) is 3.45. The van der Waals surface area contributed by atoms with Crippen LogP contribution < -0.4 is 0 Å². The first-order valence-electron chi connectivity index (χ1n) is 7.72. The number of nitrogens with zero attached hydrogens (tertiary/aromatic N) is 1. The van der Waals surface area contributed by atoms with E-state index >= 15 is 0 Å². The molecule has 1 aromatic heterocycles. The van der Waals surface area contributed by atoms with Gasteiger partial charge in [-0.3, -0.25) is 0 Å². The summed E-state index contributed by atoms with van der Waals surface area (Å²) in [5.74, 6) is 0. The highest BCUT2D eigenvalue weighted by molar-refractivity contribution is 5.94. The Hall–Kier alpha value is -1.89. The number of aryl methyl sites for hydroxylation is 2. The lowest BCUT2D eigenvalue weighted by Gasteiger charge is -2.16. The Bertz CT molecular complexity index is 773.